The molecule has 0 amide bonds. The standard InChI is InChI=1S/C32H37N7O2/c1-22(2)38(20-23-6-8-25(33)9-7-23)12-13-39(27-14-28(40-4)17-29(15-27)41-5)26-10-11-30-31(16-26)36-32(19-34-30)24-18-35-37(3)21-24/h6-11,14-19,21-22H,12-13,20,33H2,1-5H3/p+1. The van der Waals surface area contributed by atoms with Gasteiger partial charge in [0.05, 0.1) is 48.9 Å². The van der Waals surface area contributed by atoms with Crippen LogP contribution in [0.25, 0.3) is 22.3 Å². The smallest absolute Gasteiger partial charge is 0.204 e. The van der Waals surface area contributed by atoms with E-state index in [2.05, 4.69) is 58.0 Å². The first kappa shape index (κ1) is 27.9. The van der Waals surface area contributed by atoms with E-state index in [0.717, 1.165) is 70.5 Å². The van der Waals surface area contributed by atoms with E-state index in [4.69, 9.17) is 20.2 Å². The molecule has 5 rings (SSSR count). The summed E-state index contributed by atoms with van der Waals surface area (Å²) in [6.45, 7) is 6.84. The third kappa shape index (κ3) is 6.58. The highest BCUT2D eigenvalue weighted by atomic mass is 16.5. The second-order valence-electron chi connectivity index (χ2n) is 10.4. The van der Waals surface area contributed by atoms with Crippen molar-refractivity contribution in [3.8, 4) is 22.8 Å². The summed E-state index contributed by atoms with van der Waals surface area (Å²) >= 11 is 0. The molecule has 0 bridgehead atoms. The van der Waals surface area contributed by atoms with E-state index >= 15 is 0 Å². The Kier molecular flexibility index (Phi) is 8.35. The lowest BCUT2D eigenvalue weighted by Crippen LogP contribution is -2.37. The van der Waals surface area contributed by atoms with Gasteiger partial charge in [0.25, 0.3) is 0 Å². The lowest BCUT2D eigenvalue weighted by atomic mass is 10.1. The molecule has 0 saturated carbocycles. The number of methoxy groups -OCH3 is 2. The fraction of sp³-hybridized carbons (Fsp3) is 0.281. The molecule has 2 aromatic heterocycles. The van der Waals surface area contributed by atoms with E-state index in [1.54, 1.807) is 14.2 Å². The van der Waals surface area contributed by atoms with Crippen LogP contribution in [0.3, 0.4) is 0 Å². The molecule has 0 aliphatic heterocycles. The maximum Gasteiger partial charge on any atom is 0.204 e. The van der Waals surface area contributed by atoms with Crippen LogP contribution in [0.2, 0.25) is 0 Å². The summed E-state index contributed by atoms with van der Waals surface area (Å²) in [6, 6.07) is 20.6. The Morgan fingerprint density at radius 2 is 1.63 bits per heavy atom. The van der Waals surface area contributed by atoms with E-state index in [-0.39, 0.29) is 0 Å². The van der Waals surface area contributed by atoms with Gasteiger partial charge in [0, 0.05) is 60.9 Å². The van der Waals surface area contributed by atoms with Crippen LogP contribution in [-0.4, -0.2) is 53.3 Å². The van der Waals surface area contributed by atoms with Crippen molar-refractivity contribution in [1.82, 2.24) is 20.0 Å². The van der Waals surface area contributed by atoms with E-state index in [0.29, 0.717) is 6.04 Å². The molecule has 0 saturated heterocycles. The second-order valence-corrected chi connectivity index (χ2v) is 10.4. The van der Waals surface area contributed by atoms with Crippen LogP contribution in [0.1, 0.15) is 19.4 Å². The van der Waals surface area contributed by atoms with E-state index in [1.807, 2.05) is 66.7 Å². The molecule has 3 aromatic carbocycles. The van der Waals surface area contributed by atoms with Crippen LogP contribution in [-0.2, 0) is 13.6 Å². The number of hydrogen-bond acceptors (Lipinski definition) is 7. The monoisotopic (exact) mass is 552 g/mol. The number of benzene rings is 3. The number of nitrogen functional groups attached to an aromatic ring is 1. The number of anilines is 3. The fourth-order valence-corrected chi connectivity index (χ4v) is 4.86. The molecule has 41 heavy (non-hydrogen) atoms. The number of fused-ring (bicyclic) bond motifs is 1. The number of hydrogen-bond donors (Lipinski definition) is 2. The number of aryl methyl sites for hydroxylation is 1. The molecule has 0 radical (unpaired) electrons. The number of aromatic nitrogens is 4. The van der Waals surface area contributed by atoms with Crippen LogP contribution >= 0.6 is 0 Å². The molecule has 0 aliphatic rings. The van der Waals surface area contributed by atoms with E-state index < -0.39 is 0 Å². The minimum atomic E-state index is 0.349. The molecule has 9 nitrogen and oxygen atoms in total. The summed E-state index contributed by atoms with van der Waals surface area (Å²) in [5.41, 5.74) is 13.4. The van der Waals surface area contributed by atoms with Gasteiger partial charge in [0.1, 0.15) is 11.5 Å². The summed E-state index contributed by atoms with van der Waals surface area (Å²) in [6.07, 6.45) is 5.74. The molecule has 9 heteroatoms. The lowest BCUT2D eigenvalue weighted by Gasteiger charge is -2.32. The molecule has 3 N–H and O–H groups in total. The minimum absolute atomic E-state index is 0.349. The first-order chi connectivity index (χ1) is 19.8. The number of nitrogens with one attached hydrogen (secondary N) is 1. The van der Waals surface area contributed by atoms with Crippen LogP contribution in [0, 0.1) is 0 Å². The lowest BCUT2D eigenvalue weighted by molar-refractivity contribution is -0.726. The van der Waals surface area contributed by atoms with Gasteiger partial charge in [-0.2, -0.15) is 5.10 Å². The summed E-state index contributed by atoms with van der Waals surface area (Å²) in [4.78, 5) is 14.4. The largest absolute Gasteiger partial charge is 0.497 e. The number of nitrogens with zero attached hydrogens (tertiary/aromatic N) is 5. The average Bonchev–Trinajstić information content (AvgIpc) is 3.43. The van der Waals surface area contributed by atoms with Gasteiger partial charge in [-0.25, -0.2) is 4.98 Å². The number of nitrogens with two attached hydrogens (primary N) is 1. The zero-order valence-corrected chi connectivity index (χ0v) is 24.3. The summed E-state index contributed by atoms with van der Waals surface area (Å²) in [7, 11) is 5.29. The van der Waals surface area contributed by atoms with Crippen molar-refractivity contribution in [3.63, 3.8) is 0 Å². The molecule has 0 aliphatic carbocycles. The molecule has 212 valence electrons. The van der Waals surface area contributed by atoms with Gasteiger partial charge in [-0.15, -0.1) is 4.68 Å². The number of H-pyrrole nitrogens is 1. The van der Waals surface area contributed by atoms with Gasteiger partial charge >= 0.3 is 0 Å². The number of aromatic amines is 1. The topological polar surface area (TPSA) is 96.4 Å². The van der Waals surface area contributed by atoms with Crippen LogP contribution in [0.15, 0.2) is 79.3 Å². The normalized spacial score (nSPS) is 11.4. The zero-order valence-electron chi connectivity index (χ0n) is 24.3. The van der Waals surface area contributed by atoms with E-state index in [9.17, 15) is 0 Å². The van der Waals surface area contributed by atoms with Gasteiger partial charge in [0.15, 0.2) is 7.05 Å². The molecular weight excluding hydrogens is 514 g/mol. The van der Waals surface area contributed by atoms with Crippen molar-refractivity contribution >= 4 is 28.1 Å². The first-order valence-corrected chi connectivity index (χ1v) is 13.7. The summed E-state index contributed by atoms with van der Waals surface area (Å²) in [5, 5.41) is 3.15. The molecular formula is C32H38N7O2+. The van der Waals surface area contributed by atoms with Crippen molar-refractivity contribution in [2.45, 2.75) is 26.4 Å². The number of ether oxygens (including phenoxy) is 2. The molecule has 0 spiro atoms. The fourth-order valence-electron chi connectivity index (χ4n) is 4.86. The van der Waals surface area contributed by atoms with Gasteiger partial charge in [-0.3, -0.25) is 9.88 Å². The Morgan fingerprint density at radius 1 is 0.902 bits per heavy atom. The van der Waals surface area contributed by atoms with Gasteiger partial charge < -0.3 is 20.1 Å². The summed E-state index contributed by atoms with van der Waals surface area (Å²) in [5.74, 6) is 1.46. The Bertz CT molecular complexity index is 1590. The van der Waals surface area contributed by atoms with E-state index in [1.165, 1.54) is 5.56 Å². The summed E-state index contributed by atoms with van der Waals surface area (Å²) < 4.78 is 13.1. The molecule has 2 heterocycles. The Labute approximate surface area is 241 Å². The molecule has 0 fully saturated rings. The highest BCUT2D eigenvalue weighted by Crippen LogP contribution is 2.34. The molecule has 0 atom stereocenters. The van der Waals surface area contributed by atoms with Crippen LogP contribution in [0.4, 0.5) is 17.1 Å². The van der Waals surface area contributed by atoms with Crippen molar-refractivity contribution in [2.24, 2.45) is 7.05 Å². The predicted molar refractivity (Wildman–Crippen MR) is 163 cm³/mol. The van der Waals surface area contributed by atoms with Gasteiger partial charge in [-0.05, 0) is 49.7 Å². The van der Waals surface area contributed by atoms with Crippen molar-refractivity contribution in [3.05, 3.63) is 84.8 Å². The van der Waals surface area contributed by atoms with Gasteiger partial charge in [0.2, 0.25) is 6.20 Å². The second kappa shape index (κ2) is 12.3. The van der Waals surface area contributed by atoms with Crippen LogP contribution < -0.4 is 24.8 Å². The minimum Gasteiger partial charge on any atom is -0.497 e. The Balaban J connectivity index is 1.51. The molecule has 0 unspecified atom stereocenters. The third-order valence-corrected chi connectivity index (χ3v) is 7.24. The quantitative estimate of drug-likeness (QED) is 0.174. The first-order valence-electron chi connectivity index (χ1n) is 13.7. The third-order valence-electron chi connectivity index (χ3n) is 7.24. The van der Waals surface area contributed by atoms with Gasteiger partial charge in [-0.1, -0.05) is 12.1 Å². The average molecular weight is 553 g/mol. The van der Waals surface area contributed by atoms with Crippen molar-refractivity contribution in [1.29, 1.82) is 0 Å². The predicted octanol–water partition coefficient (Wildman–Crippen LogP) is 5.10. The van der Waals surface area contributed by atoms with Crippen molar-refractivity contribution < 1.29 is 14.2 Å². The number of rotatable bonds is 11. The highest BCUT2D eigenvalue weighted by Gasteiger charge is 2.18. The van der Waals surface area contributed by atoms with Crippen molar-refractivity contribution in [2.75, 3.05) is 37.9 Å². The SMILES string of the molecule is COc1cc(OC)cc(N(CCN(Cc2ccc(N)cc2)C(C)C)c2ccc3ncc(-c4c[nH][n+](C)c4)nc3c2)c1. The Morgan fingerprint density at radius 3 is 2.27 bits per heavy atom. The molecule has 5 aromatic rings. The highest BCUT2D eigenvalue weighted by molar-refractivity contribution is 5.82. The maximum atomic E-state index is 5.92. The zero-order chi connectivity index (χ0) is 28.9. The van der Waals surface area contributed by atoms with Crippen LogP contribution in [0.5, 0.6) is 11.5 Å². The Hall–Kier alpha value is -4.63. The maximum absolute atomic E-state index is 5.92.